The van der Waals surface area contributed by atoms with Gasteiger partial charge in [0.25, 0.3) is 11.5 Å². The van der Waals surface area contributed by atoms with Crippen molar-refractivity contribution in [2.45, 2.75) is 18.6 Å². The van der Waals surface area contributed by atoms with Crippen LogP contribution in [0.25, 0.3) is 0 Å². The van der Waals surface area contributed by atoms with Crippen molar-refractivity contribution in [3.63, 3.8) is 0 Å². The van der Waals surface area contributed by atoms with Crippen LogP contribution in [0.1, 0.15) is 15.9 Å². The second-order valence-corrected chi connectivity index (χ2v) is 6.59. The van der Waals surface area contributed by atoms with Gasteiger partial charge in [-0.3, -0.25) is 14.2 Å². The summed E-state index contributed by atoms with van der Waals surface area (Å²) in [6.45, 7) is 2.53. The number of nitrogens with one attached hydrogen (secondary N) is 1. The summed E-state index contributed by atoms with van der Waals surface area (Å²) in [6.07, 6.45) is 1.35. The summed E-state index contributed by atoms with van der Waals surface area (Å²) in [5.41, 5.74) is 1.45. The van der Waals surface area contributed by atoms with Crippen molar-refractivity contribution in [1.82, 2.24) is 9.55 Å². The molecule has 0 fully saturated rings. The van der Waals surface area contributed by atoms with Gasteiger partial charge in [-0.25, -0.2) is 4.98 Å². The summed E-state index contributed by atoms with van der Waals surface area (Å²) >= 11 is 4.93. The van der Waals surface area contributed by atoms with Crippen LogP contribution in [0.2, 0.25) is 0 Å². The molecule has 0 unspecified atom stereocenters. The minimum Gasteiger partial charge on any atom is -0.322 e. The number of hydrogen-bond donors (Lipinski definition) is 1. The van der Waals surface area contributed by atoms with Crippen molar-refractivity contribution in [1.29, 1.82) is 0 Å². The molecule has 1 amide bonds. The molecule has 0 bridgehead atoms. The van der Waals surface area contributed by atoms with E-state index in [1.807, 2.05) is 19.1 Å². The molecular weight excluding hydrogens is 354 g/mol. The molecule has 1 aliphatic heterocycles. The normalized spacial score (nSPS) is 13.0. The van der Waals surface area contributed by atoms with E-state index in [1.54, 1.807) is 10.6 Å². The number of halogens is 1. The number of fused-ring (bicyclic) bond motifs is 1. The lowest BCUT2D eigenvalue weighted by atomic mass is 10.2. The van der Waals surface area contributed by atoms with Gasteiger partial charge in [0.15, 0.2) is 5.16 Å². The number of amides is 1. The molecule has 5 nitrogen and oxygen atoms in total. The average Bonchev–Trinajstić information content (AvgIpc) is 2.92. The zero-order valence-electron chi connectivity index (χ0n) is 11.2. The van der Waals surface area contributed by atoms with Crippen molar-refractivity contribution < 1.29 is 4.79 Å². The average molecular weight is 366 g/mol. The molecule has 21 heavy (non-hydrogen) atoms. The lowest BCUT2D eigenvalue weighted by Crippen LogP contribution is -2.29. The number of benzene rings is 1. The topological polar surface area (TPSA) is 64.0 Å². The number of thioether (sulfide) groups is 1. The SMILES string of the molecule is Cc1cc(NC(=O)c2cnc3n(c2=O)CCS3)ccc1Br. The van der Waals surface area contributed by atoms with E-state index in [2.05, 4.69) is 26.2 Å². The number of carbonyl (C=O) groups is 1. The predicted molar refractivity (Wildman–Crippen MR) is 86.1 cm³/mol. The van der Waals surface area contributed by atoms with Gasteiger partial charge in [0.05, 0.1) is 0 Å². The fourth-order valence-electron chi connectivity index (χ4n) is 2.09. The fourth-order valence-corrected chi connectivity index (χ4v) is 3.25. The summed E-state index contributed by atoms with van der Waals surface area (Å²) in [7, 11) is 0. The Morgan fingerprint density at radius 1 is 1.48 bits per heavy atom. The largest absolute Gasteiger partial charge is 0.322 e. The van der Waals surface area contributed by atoms with Crippen LogP contribution in [-0.2, 0) is 6.54 Å². The number of aryl methyl sites for hydroxylation is 1. The van der Waals surface area contributed by atoms with Gasteiger partial charge in [-0.2, -0.15) is 0 Å². The standard InChI is InChI=1S/C14H12BrN3O2S/c1-8-6-9(2-3-11(8)15)17-12(19)10-7-16-14-18(13(10)20)4-5-21-14/h2-3,6-7H,4-5H2,1H3,(H,17,19). The minimum atomic E-state index is -0.429. The molecule has 0 saturated carbocycles. The number of rotatable bonds is 2. The third-order valence-electron chi connectivity index (χ3n) is 3.22. The molecule has 0 aliphatic carbocycles. The maximum Gasteiger partial charge on any atom is 0.267 e. The van der Waals surface area contributed by atoms with Gasteiger partial charge in [0.1, 0.15) is 5.56 Å². The van der Waals surface area contributed by atoms with Gasteiger partial charge < -0.3 is 5.32 Å². The number of carbonyl (C=O) groups excluding carboxylic acids is 1. The summed E-state index contributed by atoms with van der Waals surface area (Å²) in [6, 6.07) is 5.48. The van der Waals surface area contributed by atoms with Crippen LogP contribution in [0.3, 0.4) is 0 Å². The van der Waals surface area contributed by atoms with Gasteiger partial charge in [-0.15, -0.1) is 0 Å². The van der Waals surface area contributed by atoms with Crippen LogP contribution < -0.4 is 10.9 Å². The van der Waals surface area contributed by atoms with Crippen molar-refractivity contribution in [3.05, 3.63) is 50.3 Å². The summed E-state index contributed by atoms with van der Waals surface area (Å²) in [5, 5.41) is 3.42. The third-order valence-corrected chi connectivity index (χ3v) is 5.08. The van der Waals surface area contributed by atoms with Gasteiger partial charge in [-0.1, -0.05) is 27.7 Å². The molecule has 1 aromatic carbocycles. The van der Waals surface area contributed by atoms with Crippen LogP contribution in [-0.4, -0.2) is 21.2 Å². The van der Waals surface area contributed by atoms with E-state index in [0.717, 1.165) is 15.8 Å². The van der Waals surface area contributed by atoms with E-state index < -0.39 is 5.91 Å². The van der Waals surface area contributed by atoms with Crippen molar-refractivity contribution >= 4 is 39.3 Å². The van der Waals surface area contributed by atoms with Crippen LogP contribution in [0.4, 0.5) is 5.69 Å². The lowest BCUT2D eigenvalue weighted by molar-refractivity contribution is 0.102. The first-order valence-electron chi connectivity index (χ1n) is 6.36. The summed E-state index contributed by atoms with van der Waals surface area (Å²) in [5.74, 6) is 0.389. The molecule has 2 heterocycles. The summed E-state index contributed by atoms with van der Waals surface area (Å²) < 4.78 is 2.52. The maximum atomic E-state index is 12.3. The molecule has 0 saturated heterocycles. The van der Waals surface area contributed by atoms with E-state index in [9.17, 15) is 9.59 Å². The van der Waals surface area contributed by atoms with E-state index in [4.69, 9.17) is 0 Å². The van der Waals surface area contributed by atoms with E-state index in [-0.39, 0.29) is 11.1 Å². The highest BCUT2D eigenvalue weighted by Gasteiger charge is 2.20. The van der Waals surface area contributed by atoms with Gasteiger partial charge in [0.2, 0.25) is 0 Å². The Bertz CT molecular complexity index is 788. The first kappa shape index (κ1) is 14.3. The third kappa shape index (κ3) is 2.75. The Balaban J connectivity index is 1.89. The van der Waals surface area contributed by atoms with Gasteiger partial charge in [-0.05, 0) is 30.7 Å². The quantitative estimate of drug-likeness (QED) is 0.831. The maximum absolute atomic E-state index is 12.3. The molecular formula is C14H12BrN3O2S. The first-order valence-corrected chi connectivity index (χ1v) is 8.14. The van der Waals surface area contributed by atoms with E-state index in [1.165, 1.54) is 18.0 Å². The monoisotopic (exact) mass is 365 g/mol. The molecule has 1 aromatic heterocycles. The molecule has 3 rings (SSSR count). The van der Waals surface area contributed by atoms with Crippen molar-refractivity contribution in [2.75, 3.05) is 11.1 Å². The molecule has 1 N–H and O–H groups in total. The zero-order valence-corrected chi connectivity index (χ0v) is 13.6. The Morgan fingerprint density at radius 3 is 3.05 bits per heavy atom. The molecule has 0 atom stereocenters. The Labute approximate surface area is 133 Å². The summed E-state index contributed by atoms with van der Waals surface area (Å²) in [4.78, 5) is 28.7. The second kappa shape index (κ2) is 5.65. The fraction of sp³-hybridized carbons (Fsp3) is 0.214. The van der Waals surface area contributed by atoms with Crippen LogP contribution in [0.15, 0.2) is 38.8 Å². The first-order chi connectivity index (χ1) is 10.1. The molecule has 7 heteroatoms. The zero-order chi connectivity index (χ0) is 15.0. The number of aromatic nitrogens is 2. The Morgan fingerprint density at radius 2 is 2.29 bits per heavy atom. The molecule has 2 aromatic rings. The Kier molecular flexibility index (Phi) is 3.86. The van der Waals surface area contributed by atoms with Crippen molar-refractivity contribution in [3.8, 4) is 0 Å². The smallest absolute Gasteiger partial charge is 0.267 e. The number of anilines is 1. The van der Waals surface area contributed by atoms with Crippen LogP contribution in [0.5, 0.6) is 0 Å². The number of nitrogens with zero attached hydrogens (tertiary/aromatic N) is 2. The van der Waals surface area contributed by atoms with Crippen LogP contribution in [0, 0.1) is 6.92 Å². The van der Waals surface area contributed by atoms with Gasteiger partial charge >= 0.3 is 0 Å². The minimum absolute atomic E-state index is 0.0711. The molecule has 0 spiro atoms. The molecule has 1 aliphatic rings. The second-order valence-electron chi connectivity index (χ2n) is 4.68. The Hall–Kier alpha value is -1.60. The van der Waals surface area contributed by atoms with Gasteiger partial charge in [0, 0.05) is 28.7 Å². The highest BCUT2D eigenvalue weighted by atomic mass is 79.9. The highest BCUT2D eigenvalue weighted by Crippen LogP contribution is 2.22. The highest BCUT2D eigenvalue weighted by molar-refractivity contribution is 9.10. The number of hydrogen-bond acceptors (Lipinski definition) is 4. The van der Waals surface area contributed by atoms with E-state index in [0.29, 0.717) is 17.4 Å². The molecule has 0 radical (unpaired) electrons. The van der Waals surface area contributed by atoms with Crippen molar-refractivity contribution in [2.24, 2.45) is 0 Å². The molecule has 108 valence electrons. The predicted octanol–water partition coefficient (Wildman–Crippen LogP) is 2.67. The van der Waals surface area contributed by atoms with Crippen LogP contribution >= 0.6 is 27.7 Å². The van der Waals surface area contributed by atoms with E-state index >= 15 is 0 Å². The lowest BCUT2D eigenvalue weighted by Gasteiger charge is -2.08.